The van der Waals surface area contributed by atoms with Crippen molar-refractivity contribution >= 4 is 11.9 Å². The zero-order valence-electron chi connectivity index (χ0n) is 13.6. The second kappa shape index (κ2) is 7.78. The van der Waals surface area contributed by atoms with Crippen LogP contribution in [-0.2, 0) is 9.59 Å². The van der Waals surface area contributed by atoms with E-state index in [9.17, 15) is 14.7 Å². The third-order valence-corrected chi connectivity index (χ3v) is 4.53. The Morgan fingerprint density at radius 2 is 2.00 bits per heavy atom. The van der Waals surface area contributed by atoms with E-state index in [0.29, 0.717) is 19.4 Å². The number of carboxylic acid groups (broad SMARTS) is 1. The van der Waals surface area contributed by atoms with Gasteiger partial charge in [0.15, 0.2) is 0 Å². The molecule has 1 fully saturated rings. The first kappa shape index (κ1) is 18.0. The molecule has 21 heavy (non-hydrogen) atoms. The first-order valence-electron chi connectivity index (χ1n) is 8.15. The van der Waals surface area contributed by atoms with Crippen LogP contribution < -0.4 is 5.73 Å². The molecule has 1 rings (SSSR count). The van der Waals surface area contributed by atoms with E-state index in [1.165, 1.54) is 0 Å². The minimum absolute atomic E-state index is 0.00646. The molecule has 1 aliphatic heterocycles. The van der Waals surface area contributed by atoms with Crippen LogP contribution in [0.5, 0.6) is 0 Å². The van der Waals surface area contributed by atoms with Crippen molar-refractivity contribution in [3.8, 4) is 0 Å². The molecule has 0 aliphatic carbocycles. The maximum absolute atomic E-state index is 12.6. The molecule has 0 saturated carbocycles. The Kier molecular flexibility index (Phi) is 6.65. The second-order valence-corrected chi connectivity index (χ2v) is 6.49. The summed E-state index contributed by atoms with van der Waals surface area (Å²) in [4.78, 5) is 26.0. The average molecular weight is 298 g/mol. The Balaban J connectivity index is 2.72. The molecule has 3 atom stereocenters. The van der Waals surface area contributed by atoms with E-state index in [0.717, 1.165) is 32.1 Å². The lowest BCUT2D eigenvalue weighted by Gasteiger charge is -2.36. The smallest absolute Gasteiger partial charge is 0.329 e. The normalized spacial score (nSPS) is 24.9. The van der Waals surface area contributed by atoms with Crippen molar-refractivity contribution in [3.05, 3.63) is 0 Å². The zero-order valence-corrected chi connectivity index (χ0v) is 13.6. The molecule has 1 aliphatic rings. The number of rotatable bonds is 8. The van der Waals surface area contributed by atoms with E-state index in [4.69, 9.17) is 5.73 Å². The van der Waals surface area contributed by atoms with Crippen molar-refractivity contribution < 1.29 is 14.7 Å². The van der Waals surface area contributed by atoms with Gasteiger partial charge in [-0.05, 0) is 39.0 Å². The first-order valence-corrected chi connectivity index (χ1v) is 8.15. The van der Waals surface area contributed by atoms with Crippen LogP contribution in [0.4, 0.5) is 0 Å². The van der Waals surface area contributed by atoms with Crippen molar-refractivity contribution in [1.29, 1.82) is 0 Å². The van der Waals surface area contributed by atoms with E-state index in [1.807, 2.05) is 20.8 Å². The van der Waals surface area contributed by atoms with Gasteiger partial charge in [0, 0.05) is 18.5 Å². The van der Waals surface area contributed by atoms with Crippen LogP contribution in [0.2, 0.25) is 0 Å². The highest BCUT2D eigenvalue weighted by Gasteiger charge is 2.49. The Hall–Kier alpha value is -1.10. The number of amides is 1. The summed E-state index contributed by atoms with van der Waals surface area (Å²) in [5.74, 6) is -0.983. The maximum atomic E-state index is 12.6. The minimum Gasteiger partial charge on any atom is -0.479 e. The fraction of sp³-hybridized carbons (Fsp3) is 0.875. The van der Waals surface area contributed by atoms with Crippen LogP contribution in [0, 0.1) is 5.92 Å². The van der Waals surface area contributed by atoms with Gasteiger partial charge in [-0.25, -0.2) is 4.79 Å². The number of aliphatic carboxylic acids is 1. The van der Waals surface area contributed by atoms with E-state index in [1.54, 1.807) is 4.90 Å². The van der Waals surface area contributed by atoms with Gasteiger partial charge in [0.25, 0.3) is 0 Å². The summed E-state index contributed by atoms with van der Waals surface area (Å²) in [6.07, 6.45) is 5.26. The first-order chi connectivity index (χ1) is 9.85. The highest BCUT2D eigenvalue weighted by atomic mass is 16.4. The molecule has 3 unspecified atom stereocenters. The summed E-state index contributed by atoms with van der Waals surface area (Å²) in [6, 6.07) is 0.150. The molecule has 0 spiro atoms. The van der Waals surface area contributed by atoms with Crippen LogP contribution in [0.3, 0.4) is 0 Å². The van der Waals surface area contributed by atoms with Crippen molar-refractivity contribution in [2.75, 3.05) is 6.54 Å². The Bertz CT molecular complexity index is 371. The van der Waals surface area contributed by atoms with Gasteiger partial charge in [-0.1, -0.05) is 26.7 Å². The van der Waals surface area contributed by atoms with E-state index >= 15 is 0 Å². The largest absolute Gasteiger partial charge is 0.479 e. The molecular weight excluding hydrogens is 268 g/mol. The molecule has 5 heteroatoms. The van der Waals surface area contributed by atoms with E-state index in [2.05, 4.69) is 0 Å². The van der Waals surface area contributed by atoms with Gasteiger partial charge >= 0.3 is 5.97 Å². The monoisotopic (exact) mass is 298 g/mol. The minimum atomic E-state index is -0.971. The molecule has 0 radical (unpaired) electrons. The summed E-state index contributed by atoms with van der Waals surface area (Å²) in [5.41, 5.74) is 4.76. The number of carbonyl (C=O) groups is 2. The molecular formula is C16H30N2O3. The molecule has 0 bridgehead atoms. The predicted octanol–water partition coefficient (Wildman–Crippen LogP) is 2.39. The SMILES string of the molecule is CCCC1(C(=O)O)CCCN1C(=O)C(C)CCCC(C)N. The molecule has 0 aromatic heterocycles. The van der Waals surface area contributed by atoms with Crippen molar-refractivity contribution in [1.82, 2.24) is 4.90 Å². The topological polar surface area (TPSA) is 83.6 Å². The molecule has 1 amide bonds. The van der Waals surface area contributed by atoms with Crippen molar-refractivity contribution in [3.63, 3.8) is 0 Å². The molecule has 1 saturated heterocycles. The molecule has 0 aromatic rings. The van der Waals surface area contributed by atoms with Crippen molar-refractivity contribution in [2.45, 2.75) is 77.3 Å². The van der Waals surface area contributed by atoms with Crippen LogP contribution in [0.1, 0.15) is 65.7 Å². The van der Waals surface area contributed by atoms with Gasteiger partial charge < -0.3 is 15.7 Å². The van der Waals surface area contributed by atoms with Gasteiger partial charge in [-0.15, -0.1) is 0 Å². The third kappa shape index (κ3) is 4.19. The lowest BCUT2D eigenvalue weighted by atomic mass is 9.89. The number of nitrogens with two attached hydrogens (primary N) is 1. The zero-order chi connectivity index (χ0) is 16.0. The molecule has 3 N–H and O–H groups in total. The molecule has 0 aromatic carbocycles. The number of likely N-dealkylation sites (tertiary alicyclic amines) is 1. The standard InChI is InChI=1S/C16H30N2O3/c1-4-9-16(15(20)21)10-6-11-18(16)14(19)12(2)7-5-8-13(3)17/h12-13H,4-11,17H2,1-3H3,(H,20,21). The Morgan fingerprint density at radius 1 is 1.33 bits per heavy atom. The quantitative estimate of drug-likeness (QED) is 0.720. The number of carbonyl (C=O) groups excluding carboxylic acids is 1. The number of hydrogen-bond donors (Lipinski definition) is 2. The second-order valence-electron chi connectivity index (χ2n) is 6.49. The number of hydrogen-bond acceptors (Lipinski definition) is 3. The van der Waals surface area contributed by atoms with Gasteiger partial charge in [-0.2, -0.15) is 0 Å². The third-order valence-electron chi connectivity index (χ3n) is 4.53. The highest BCUT2D eigenvalue weighted by Crippen LogP contribution is 2.35. The van der Waals surface area contributed by atoms with Gasteiger partial charge in [0.2, 0.25) is 5.91 Å². The van der Waals surface area contributed by atoms with E-state index < -0.39 is 11.5 Å². The highest BCUT2D eigenvalue weighted by molar-refractivity contribution is 5.88. The number of nitrogens with zero attached hydrogens (tertiary/aromatic N) is 1. The fourth-order valence-corrected chi connectivity index (χ4v) is 3.34. The lowest BCUT2D eigenvalue weighted by Crippen LogP contribution is -2.54. The van der Waals surface area contributed by atoms with Crippen LogP contribution in [0.15, 0.2) is 0 Å². The summed E-state index contributed by atoms with van der Waals surface area (Å²) < 4.78 is 0. The van der Waals surface area contributed by atoms with Crippen molar-refractivity contribution in [2.24, 2.45) is 11.7 Å². The van der Waals surface area contributed by atoms with Gasteiger partial charge in [0.1, 0.15) is 5.54 Å². The maximum Gasteiger partial charge on any atom is 0.329 e. The Morgan fingerprint density at radius 3 is 2.52 bits per heavy atom. The lowest BCUT2D eigenvalue weighted by molar-refractivity contribution is -0.158. The average Bonchev–Trinajstić information content (AvgIpc) is 2.82. The summed E-state index contributed by atoms with van der Waals surface area (Å²) >= 11 is 0. The number of carboxylic acids is 1. The summed E-state index contributed by atoms with van der Waals surface area (Å²) in [5, 5.41) is 9.63. The van der Waals surface area contributed by atoms with Gasteiger partial charge in [-0.3, -0.25) is 4.79 Å². The molecule has 5 nitrogen and oxygen atoms in total. The van der Waals surface area contributed by atoms with Crippen LogP contribution in [0.25, 0.3) is 0 Å². The fourth-order valence-electron chi connectivity index (χ4n) is 3.34. The summed E-state index contributed by atoms with van der Waals surface area (Å²) in [7, 11) is 0. The van der Waals surface area contributed by atoms with Crippen LogP contribution >= 0.6 is 0 Å². The van der Waals surface area contributed by atoms with Gasteiger partial charge in [0.05, 0.1) is 0 Å². The Labute approximate surface area is 127 Å². The predicted molar refractivity (Wildman–Crippen MR) is 82.9 cm³/mol. The van der Waals surface area contributed by atoms with Crippen LogP contribution in [-0.4, -0.2) is 40.0 Å². The molecule has 122 valence electrons. The summed E-state index contributed by atoms with van der Waals surface area (Å²) in [6.45, 7) is 6.41. The van der Waals surface area contributed by atoms with E-state index in [-0.39, 0.29) is 17.9 Å². The molecule has 1 heterocycles.